The van der Waals surface area contributed by atoms with Crippen LogP contribution in [0.3, 0.4) is 0 Å². The van der Waals surface area contributed by atoms with Gasteiger partial charge in [-0.3, -0.25) is 0 Å². The first-order valence-electron chi connectivity index (χ1n) is 4.77. The van der Waals surface area contributed by atoms with Gasteiger partial charge in [-0.25, -0.2) is 4.39 Å². The fourth-order valence-electron chi connectivity index (χ4n) is 1.15. The molecule has 0 amide bonds. The van der Waals surface area contributed by atoms with E-state index in [0.29, 0.717) is 5.89 Å². The molecule has 1 aromatic carbocycles. The van der Waals surface area contributed by atoms with E-state index in [-0.39, 0.29) is 23.6 Å². The van der Waals surface area contributed by atoms with Gasteiger partial charge in [-0.15, -0.1) is 5.10 Å². The topological polar surface area (TPSA) is 77.0 Å². The molecule has 0 bridgehead atoms. The number of nitrogens with one attached hydrogen (secondary N) is 1. The summed E-state index contributed by atoms with van der Waals surface area (Å²) < 4.78 is 18.4. The van der Waals surface area contributed by atoms with Gasteiger partial charge in [-0.05, 0) is 19.1 Å². The van der Waals surface area contributed by atoms with Crippen LogP contribution in [0.15, 0.2) is 28.7 Å². The van der Waals surface area contributed by atoms with Crippen LogP contribution in [0.2, 0.25) is 0 Å². The highest BCUT2D eigenvalue weighted by molar-refractivity contribution is 5.52. The highest BCUT2D eigenvalue weighted by Gasteiger charge is 2.10. The molecule has 1 aromatic heterocycles. The van der Waals surface area contributed by atoms with Gasteiger partial charge in [0.1, 0.15) is 5.82 Å². The maximum Gasteiger partial charge on any atom is 0.320 e. The average Bonchev–Trinajstić information content (AvgIpc) is 2.70. The average molecular weight is 222 g/mol. The van der Waals surface area contributed by atoms with Crippen LogP contribution in [0.4, 0.5) is 16.1 Å². The van der Waals surface area contributed by atoms with Crippen molar-refractivity contribution in [2.24, 2.45) is 5.73 Å². The van der Waals surface area contributed by atoms with E-state index in [9.17, 15) is 4.39 Å². The first-order valence-corrected chi connectivity index (χ1v) is 4.77. The van der Waals surface area contributed by atoms with Gasteiger partial charge in [0.15, 0.2) is 0 Å². The normalized spacial score (nSPS) is 12.4. The summed E-state index contributed by atoms with van der Waals surface area (Å²) in [7, 11) is 0. The molecule has 1 atom stereocenters. The van der Waals surface area contributed by atoms with Crippen LogP contribution >= 0.6 is 0 Å². The molecule has 0 aliphatic rings. The fourth-order valence-corrected chi connectivity index (χ4v) is 1.15. The molecule has 16 heavy (non-hydrogen) atoms. The minimum atomic E-state index is -0.386. The van der Waals surface area contributed by atoms with E-state index in [0.717, 1.165) is 0 Å². The van der Waals surface area contributed by atoms with E-state index in [2.05, 4.69) is 15.5 Å². The molecular formula is C10H11FN4O. The van der Waals surface area contributed by atoms with Crippen molar-refractivity contribution in [1.29, 1.82) is 0 Å². The molecule has 6 heteroatoms. The van der Waals surface area contributed by atoms with E-state index in [1.165, 1.54) is 6.07 Å². The van der Waals surface area contributed by atoms with Crippen LogP contribution in [0.5, 0.6) is 0 Å². The van der Waals surface area contributed by atoms with Crippen molar-refractivity contribution in [2.75, 3.05) is 5.32 Å². The summed E-state index contributed by atoms with van der Waals surface area (Å²) in [5.41, 5.74) is 5.83. The number of anilines is 2. The molecule has 1 unspecified atom stereocenters. The second-order valence-corrected chi connectivity index (χ2v) is 3.34. The highest BCUT2D eigenvalue weighted by atomic mass is 19.1. The predicted octanol–water partition coefficient (Wildman–Crippen LogP) is 1.97. The molecule has 0 aliphatic carbocycles. The van der Waals surface area contributed by atoms with Crippen molar-refractivity contribution in [1.82, 2.24) is 10.2 Å². The Balaban J connectivity index is 2.18. The second kappa shape index (κ2) is 4.28. The number of rotatable bonds is 3. The van der Waals surface area contributed by atoms with E-state index < -0.39 is 0 Å². The SMILES string of the molecule is CC(N)c1nnc(Nc2ccccc2F)o1. The van der Waals surface area contributed by atoms with Gasteiger partial charge in [0.05, 0.1) is 11.7 Å². The molecule has 0 fully saturated rings. The van der Waals surface area contributed by atoms with Crippen molar-refractivity contribution in [2.45, 2.75) is 13.0 Å². The number of hydrogen-bond donors (Lipinski definition) is 2. The van der Waals surface area contributed by atoms with Gasteiger partial charge in [-0.2, -0.15) is 0 Å². The summed E-state index contributed by atoms with van der Waals surface area (Å²) in [6.45, 7) is 1.72. The Bertz CT molecular complexity index is 483. The van der Waals surface area contributed by atoms with Crippen molar-refractivity contribution in [3.05, 3.63) is 36.0 Å². The van der Waals surface area contributed by atoms with Crippen LogP contribution in [-0.4, -0.2) is 10.2 Å². The Morgan fingerprint density at radius 2 is 2.12 bits per heavy atom. The van der Waals surface area contributed by atoms with Crippen molar-refractivity contribution in [3.8, 4) is 0 Å². The minimum absolute atomic E-state index is 0.123. The summed E-state index contributed by atoms with van der Waals surface area (Å²) in [5, 5.41) is 10.1. The third kappa shape index (κ3) is 2.17. The minimum Gasteiger partial charge on any atom is -0.406 e. The lowest BCUT2D eigenvalue weighted by molar-refractivity contribution is 0.475. The molecule has 0 spiro atoms. The molecular weight excluding hydrogens is 211 g/mol. The van der Waals surface area contributed by atoms with Crippen LogP contribution in [0.25, 0.3) is 0 Å². The van der Waals surface area contributed by atoms with Crippen LogP contribution in [0.1, 0.15) is 18.9 Å². The van der Waals surface area contributed by atoms with Crippen LogP contribution in [0, 0.1) is 5.82 Å². The quantitative estimate of drug-likeness (QED) is 0.830. The van der Waals surface area contributed by atoms with E-state index in [1.807, 2.05) is 0 Å². The van der Waals surface area contributed by atoms with Gasteiger partial charge in [-0.1, -0.05) is 17.2 Å². The molecule has 0 saturated heterocycles. The summed E-state index contributed by atoms with van der Waals surface area (Å²) >= 11 is 0. The molecule has 2 rings (SSSR count). The monoisotopic (exact) mass is 222 g/mol. The first kappa shape index (κ1) is 10.6. The Morgan fingerprint density at radius 1 is 1.38 bits per heavy atom. The maximum atomic E-state index is 13.3. The molecule has 3 N–H and O–H groups in total. The van der Waals surface area contributed by atoms with Gasteiger partial charge < -0.3 is 15.5 Å². The number of nitrogens with zero attached hydrogens (tertiary/aromatic N) is 2. The lowest BCUT2D eigenvalue weighted by Crippen LogP contribution is -2.04. The highest BCUT2D eigenvalue weighted by Crippen LogP contribution is 2.19. The molecule has 5 nitrogen and oxygen atoms in total. The van der Waals surface area contributed by atoms with Gasteiger partial charge in [0.2, 0.25) is 5.89 Å². The van der Waals surface area contributed by atoms with E-state index in [1.54, 1.807) is 25.1 Å². The third-order valence-electron chi connectivity index (χ3n) is 1.95. The second-order valence-electron chi connectivity index (χ2n) is 3.34. The van der Waals surface area contributed by atoms with Crippen molar-refractivity contribution < 1.29 is 8.81 Å². The number of halogens is 1. The molecule has 1 heterocycles. The smallest absolute Gasteiger partial charge is 0.320 e. The molecule has 0 radical (unpaired) electrons. The summed E-state index contributed by atoms with van der Waals surface area (Å²) in [5.74, 6) is -0.0816. The Labute approximate surface area is 91.5 Å². The van der Waals surface area contributed by atoms with E-state index >= 15 is 0 Å². The summed E-state index contributed by atoms with van der Waals surface area (Å²) in [6, 6.07) is 5.99. The Hall–Kier alpha value is -1.95. The number of benzene rings is 1. The van der Waals surface area contributed by atoms with E-state index in [4.69, 9.17) is 10.2 Å². The number of nitrogens with two attached hydrogens (primary N) is 1. The third-order valence-corrected chi connectivity index (χ3v) is 1.95. The molecule has 84 valence electrons. The lowest BCUT2D eigenvalue weighted by atomic mass is 10.3. The number of aromatic nitrogens is 2. The molecule has 0 saturated carbocycles. The van der Waals surface area contributed by atoms with Crippen molar-refractivity contribution in [3.63, 3.8) is 0 Å². The lowest BCUT2D eigenvalue weighted by Gasteiger charge is -2.01. The standard InChI is InChI=1S/C10H11FN4O/c1-6(12)9-14-15-10(16-9)13-8-5-3-2-4-7(8)11/h2-6H,12H2,1H3,(H,13,15). The zero-order valence-corrected chi connectivity index (χ0v) is 8.64. The molecule has 0 aliphatic heterocycles. The Morgan fingerprint density at radius 3 is 2.75 bits per heavy atom. The van der Waals surface area contributed by atoms with Crippen LogP contribution in [-0.2, 0) is 0 Å². The summed E-state index contributed by atoms with van der Waals surface area (Å²) in [6.07, 6.45) is 0. The molecule has 2 aromatic rings. The van der Waals surface area contributed by atoms with Crippen LogP contribution < -0.4 is 11.1 Å². The summed E-state index contributed by atoms with van der Waals surface area (Å²) in [4.78, 5) is 0. The Kier molecular flexibility index (Phi) is 2.82. The zero-order valence-electron chi connectivity index (χ0n) is 8.64. The zero-order chi connectivity index (χ0) is 11.5. The fraction of sp³-hybridized carbons (Fsp3) is 0.200. The largest absolute Gasteiger partial charge is 0.406 e. The van der Waals surface area contributed by atoms with Crippen molar-refractivity contribution >= 4 is 11.7 Å². The predicted molar refractivity (Wildman–Crippen MR) is 56.6 cm³/mol. The van der Waals surface area contributed by atoms with Gasteiger partial charge >= 0.3 is 6.01 Å². The van der Waals surface area contributed by atoms with Gasteiger partial charge in [0, 0.05) is 0 Å². The maximum absolute atomic E-state index is 13.3. The first-order chi connectivity index (χ1) is 7.66. The number of hydrogen-bond acceptors (Lipinski definition) is 5. The number of para-hydroxylation sites is 1. The van der Waals surface area contributed by atoms with Gasteiger partial charge in [0.25, 0.3) is 0 Å².